The minimum absolute atomic E-state index is 0.0292. The summed E-state index contributed by atoms with van der Waals surface area (Å²) in [4.78, 5) is 14.6. The molecule has 3 fully saturated rings. The Morgan fingerprint density at radius 3 is 2.84 bits per heavy atom. The van der Waals surface area contributed by atoms with Crippen LogP contribution in [0, 0.1) is 5.92 Å². The second kappa shape index (κ2) is 5.38. The highest BCUT2D eigenvalue weighted by molar-refractivity contribution is 5.80. The summed E-state index contributed by atoms with van der Waals surface area (Å²) in [6.45, 7) is 5.48. The van der Waals surface area contributed by atoms with Crippen molar-refractivity contribution in [3.63, 3.8) is 0 Å². The number of carbonyl (C=O) groups is 1. The highest BCUT2D eigenvalue weighted by Crippen LogP contribution is 2.32. The van der Waals surface area contributed by atoms with Crippen molar-refractivity contribution >= 4 is 5.91 Å². The molecule has 0 N–H and O–H groups in total. The fourth-order valence-corrected chi connectivity index (χ4v) is 3.48. The SMILES string of the molecule is CCC1OCCC1C(=O)N1CCCC2(C1)OCCO2. The topological polar surface area (TPSA) is 48.0 Å². The van der Waals surface area contributed by atoms with E-state index in [1.54, 1.807) is 0 Å². The first-order valence-electron chi connectivity index (χ1n) is 7.42. The van der Waals surface area contributed by atoms with E-state index in [9.17, 15) is 4.79 Å². The third kappa shape index (κ3) is 2.51. The molecule has 5 nitrogen and oxygen atoms in total. The van der Waals surface area contributed by atoms with Gasteiger partial charge in [0.25, 0.3) is 0 Å². The number of nitrogens with zero attached hydrogens (tertiary/aromatic N) is 1. The Kier molecular flexibility index (Phi) is 3.78. The molecule has 108 valence electrons. The van der Waals surface area contributed by atoms with Crippen molar-refractivity contribution in [1.82, 2.24) is 4.90 Å². The molecule has 3 heterocycles. The average molecular weight is 269 g/mol. The van der Waals surface area contributed by atoms with E-state index in [0.717, 1.165) is 32.2 Å². The predicted octanol–water partition coefficient (Wildman–Crippen LogP) is 1.17. The molecule has 3 saturated heterocycles. The lowest BCUT2D eigenvalue weighted by Gasteiger charge is -2.39. The number of rotatable bonds is 2. The van der Waals surface area contributed by atoms with Crippen molar-refractivity contribution in [1.29, 1.82) is 0 Å². The number of hydrogen-bond acceptors (Lipinski definition) is 4. The summed E-state index contributed by atoms with van der Waals surface area (Å²) in [6, 6.07) is 0. The highest BCUT2D eigenvalue weighted by Gasteiger charge is 2.44. The molecule has 0 aromatic rings. The van der Waals surface area contributed by atoms with E-state index in [1.165, 1.54) is 0 Å². The summed E-state index contributed by atoms with van der Waals surface area (Å²) in [5, 5.41) is 0. The van der Waals surface area contributed by atoms with Crippen molar-refractivity contribution in [2.24, 2.45) is 5.92 Å². The van der Waals surface area contributed by atoms with Crippen LogP contribution in [0.25, 0.3) is 0 Å². The maximum atomic E-state index is 12.6. The molecule has 0 aromatic carbocycles. The van der Waals surface area contributed by atoms with Crippen molar-refractivity contribution in [2.75, 3.05) is 32.9 Å². The van der Waals surface area contributed by atoms with Gasteiger partial charge in [0.15, 0.2) is 5.79 Å². The van der Waals surface area contributed by atoms with E-state index in [2.05, 4.69) is 6.92 Å². The Hall–Kier alpha value is -0.650. The minimum atomic E-state index is -0.519. The summed E-state index contributed by atoms with van der Waals surface area (Å²) in [7, 11) is 0. The van der Waals surface area contributed by atoms with Crippen molar-refractivity contribution in [2.45, 2.75) is 44.5 Å². The molecular formula is C14H23NO4. The molecular weight excluding hydrogens is 246 g/mol. The lowest BCUT2D eigenvalue weighted by molar-refractivity contribution is -0.195. The number of ether oxygens (including phenoxy) is 3. The van der Waals surface area contributed by atoms with E-state index >= 15 is 0 Å². The zero-order valence-electron chi connectivity index (χ0n) is 11.6. The van der Waals surface area contributed by atoms with Crippen LogP contribution in [0.5, 0.6) is 0 Å². The van der Waals surface area contributed by atoms with Crippen LogP contribution in [-0.2, 0) is 19.0 Å². The molecule has 19 heavy (non-hydrogen) atoms. The summed E-state index contributed by atoms with van der Waals surface area (Å²) in [6.07, 6.45) is 3.70. The van der Waals surface area contributed by atoms with E-state index < -0.39 is 5.79 Å². The van der Waals surface area contributed by atoms with Gasteiger partial charge in [0.05, 0.1) is 31.8 Å². The Balaban J connectivity index is 1.66. The molecule has 1 amide bonds. The summed E-state index contributed by atoms with van der Waals surface area (Å²) in [5.74, 6) is -0.265. The van der Waals surface area contributed by atoms with Crippen LogP contribution in [0.4, 0.5) is 0 Å². The fourth-order valence-electron chi connectivity index (χ4n) is 3.48. The first kappa shape index (κ1) is 13.3. The minimum Gasteiger partial charge on any atom is -0.377 e. The Labute approximate surface area is 114 Å². The standard InChI is InChI=1S/C14H23NO4/c1-2-12-11(4-7-17-12)13(16)15-6-3-5-14(10-15)18-8-9-19-14/h11-12H,2-10H2,1H3. The Morgan fingerprint density at radius 1 is 1.32 bits per heavy atom. The second-order valence-electron chi connectivity index (χ2n) is 5.68. The molecule has 0 bridgehead atoms. The maximum absolute atomic E-state index is 12.6. The number of hydrogen-bond donors (Lipinski definition) is 0. The molecule has 3 aliphatic heterocycles. The number of amides is 1. The molecule has 0 radical (unpaired) electrons. The zero-order chi connectivity index (χ0) is 13.3. The fraction of sp³-hybridized carbons (Fsp3) is 0.929. The Bertz CT molecular complexity index is 340. The first-order chi connectivity index (χ1) is 9.24. The van der Waals surface area contributed by atoms with Gasteiger partial charge in [-0.2, -0.15) is 0 Å². The van der Waals surface area contributed by atoms with Crippen LogP contribution in [0.3, 0.4) is 0 Å². The molecule has 0 aromatic heterocycles. The van der Waals surface area contributed by atoms with E-state index in [0.29, 0.717) is 26.4 Å². The van der Waals surface area contributed by atoms with Crippen molar-refractivity contribution < 1.29 is 19.0 Å². The predicted molar refractivity (Wildman–Crippen MR) is 68.6 cm³/mol. The molecule has 3 aliphatic rings. The first-order valence-corrected chi connectivity index (χ1v) is 7.42. The number of carbonyl (C=O) groups excluding carboxylic acids is 1. The van der Waals surface area contributed by atoms with Gasteiger partial charge >= 0.3 is 0 Å². The van der Waals surface area contributed by atoms with Gasteiger partial charge < -0.3 is 19.1 Å². The maximum Gasteiger partial charge on any atom is 0.228 e. The van der Waals surface area contributed by atoms with Gasteiger partial charge in [0, 0.05) is 19.6 Å². The van der Waals surface area contributed by atoms with Gasteiger partial charge in [-0.3, -0.25) is 4.79 Å². The van der Waals surface area contributed by atoms with Crippen LogP contribution >= 0.6 is 0 Å². The van der Waals surface area contributed by atoms with Gasteiger partial charge in [-0.05, 0) is 19.3 Å². The average Bonchev–Trinajstić information content (AvgIpc) is 3.07. The van der Waals surface area contributed by atoms with E-state index in [1.807, 2.05) is 4.90 Å². The zero-order valence-corrected chi connectivity index (χ0v) is 11.6. The summed E-state index contributed by atoms with van der Waals surface area (Å²) >= 11 is 0. The largest absolute Gasteiger partial charge is 0.377 e. The van der Waals surface area contributed by atoms with Crippen LogP contribution < -0.4 is 0 Å². The highest BCUT2D eigenvalue weighted by atomic mass is 16.7. The van der Waals surface area contributed by atoms with Crippen LogP contribution in [-0.4, -0.2) is 55.6 Å². The number of likely N-dealkylation sites (tertiary alicyclic amines) is 1. The monoisotopic (exact) mass is 269 g/mol. The van der Waals surface area contributed by atoms with Crippen LogP contribution in [0.2, 0.25) is 0 Å². The molecule has 2 atom stereocenters. The van der Waals surface area contributed by atoms with Gasteiger partial charge in [-0.25, -0.2) is 0 Å². The molecule has 0 aliphatic carbocycles. The van der Waals surface area contributed by atoms with E-state index in [4.69, 9.17) is 14.2 Å². The van der Waals surface area contributed by atoms with Crippen molar-refractivity contribution in [3.05, 3.63) is 0 Å². The quantitative estimate of drug-likeness (QED) is 0.755. The third-order valence-corrected chi connectivity index (χ3v) is 4.47. The van der Waals surface area contributed by atoms with Gasteiger partial charge in [0.2, 0.25) is 5.91 Å². The lowest BCUT2D eigenvalue weighted by Crippen LogP contribution is -2.53. The van der Waals surface area contributed by atoms with Gasteiger partial charge in [0.1, 0.15) is 0 Å². The summed E-state index contributed by atoms with van der Waals surface area (Å²) in [5.41, 5.74) is 0. The lowest BCUT2D eigenvalue weighted by atomic mass is 9.95. The van der Waals surface area contributed by atoms with Gasteiger partial charge in [-0.15, -0.1) is 0 Å². The molecule has 0 saturated carbocycles. The smallest absolute Gasteiger partial charge is 0.228 e. The third-order valence-electron chi connectivity index (χ3n) is 4.47. The van der Waals surface area contributed by atoms with Crippen LogP contribution in [0.15, 0.2) is 0 Å². The molecule has 2 unspecified atom stereocenters. The summed E-state index contributed by atoms with van der Waals surface area (Å²) < 4.78 is 17.1. The van der Waals surface area contributed by atoms with Gasteiger partial charge in [-0.1, -0.05) is 6.92 Å². The van der Waals surface area contributed by atoms with Crippen LogP contribution in [0.1, 0.15) is 32.6 Å². The normalized spacial score (nSPS) is 34.1. The number of piperidine rings is 1. The second-order valence-corrected chi connectivity index (χ2v) is 5.68. The molecule has 1 spiro atoms. The van der Waals surface area contributed by atoms with E-state index in [-0.39, 0.29) is 17.9 Å². The molecule has 3 rings (SSSR count). The molecule has 5 heteroatoms. The Morgan fingerprint density at radius 2 is 2.11 bits per heavy atom. The van der Waals surface area contributed by atoms with Crippen molar-refractivity contribution in [3.8, 4) is 0 Å².